The Morgan fingerprint density at radius 1 is 0.914 bits per heavy atom. The number of nitrogens with one attached hydrogen (secondary N) is 1. The van der Waals surface area contributed by atoms with Gasteiger partial charge in [-0.2, -0.15) is 4.98 Å². The number of anilines is 1. The van der Waals surface area contributed by atoms with Crippen molar-refractivity contribution in [2.45, 2.75) is 33.7 Å². The van der Waals surface area contributed by atoms with Gasteiger partial charge in [-0.05, 0) is 62.1 Å². The molecular formula is C28H25ClN4O2. The third kappa shape index (κ3) is 4.21. The molecule has 0 saturated carbocycles. The van der Waals surface area contributed by atoms with Gasteiger partial charge in [0.15, 0.2) is 0 Å². The van der Waals surface area contributed by atoms with Crippen LogP contribution in [-0.4, -0.2) is 16.2 Å². The number of carbonyl (C=O) groups is 1. The number of carbonyl (C=O) groups excluding carboxylic acids is 1. The Bertz CT molecular complexity index is 1460. The van der Waals surface area contributed by atoms with Gasteiger partial charge in [0.25, 0.3) is 5.89 Å². The molecule has 0 saturated heterocycles. The molecule has 1 aliphatic rings. The van der Waals surface area contributed by atoms with Crippen LogP contribution in [0.5, 0.6) is 0 Å². The molecule has 0 fully saturated rings. The molecule has 2 heterocycles. The lowest BCUT2D eigenvalue weighted by Crippen LogP contribution is -2.46. The maximum Gasteiger partial charge on any atom is 0.326 e. The van der Waals surface area contributed by atoms with E-state index in [0.29, 0.717) is 28.1 Å². The largest absolute Gasteiger partial charge is 0.334 e. The highest BCUT2D eigenvalue weighted by atomic mass is 35.5. The number of aromatic nitrogens is 2. The predicted molar refractivity (Wildman–Crippen MR) is 138 cm³/mol. The quantitative estimate of drug-likeness (QED) is 0.338. The van der Waals surface area contributed by atoms with Crippen molar-refractivity contribution >= 4 is 28.9 Å². The van der Waals surface area contributed by atoms with Crippen molar-refractivity contribution in [3.8, 4) is 11.4 Å². The Balaban J connectivity index is 1.68. The molecule has 0 spiro atoms. The minimum Gasteiger partial charge on any atom is -0.334 e. The first-order valence-electron chi connectivity index (χ1n) is 11.4. The second-order valence-corrected chi connectivity index (χ2v) is 9.19. The number of amides is 2. The van der Waals surface area contributed by atoms with Gasteiger partial charge in [0.1, 0.15) is 0 Å². The van der Waals surface area contributed by atoms with E-state index in [9.17, 15) is 4.79 Å². The van der Waals surface area contributed by atoms with Crippen LogP contribution >= 0.6 is 11.6 Å². The monoisotopic (exact) mass is 484 g/mol. The minimum absolute atomic E-state index is 0.253. The zero-order valence-corrected chi connectivity index (χ0v) is 20.7. The molecule has 0 bridgehead atoms. The Morgan fingerprint density at radius 2 is 1.66 bits per heavy atom. The van der Waals surface area contributed by atoms with E-state index in [-0.39, 0.29) is 6.03 Å². The van der Waals surface area contributed by atoms with Crippen LogP contribution in [0.1, 0.15) is 41.1 Å². The summed E-state index contributed by atoms with van der Waals surface area (Å²) in [5.41, 5.74) is 7.14. The maximum atomic E-state index is 13.4. The molecule has 5 rings (SSSR count). The van der Waals surface area contributed by atoms with E-state index in [1.54, 1.807) is 11.0 Å². The fourth-order valence-electron chi connectivity index (χ4n) is 4.28. The highest BCUT2D eigenvalue weighted by Gasteiger charge is 2.36. The number of halogens is 1. The molecule has 1 N–H and O–H groups in total. The summed E-state index contributed by atoms with van der Waals surface area (Å²) in [6.45, 7) is 7.94. The summed E-state index contributed by atoms with van der Waals surface area (Å²) < 4.78 is 5.77. The third-order valence-corrected chi connectivity index (χ3v) is 6.86. The standard InChI is InChI=1S/C28H25ClN4O2/c1-16-10-12-21(14-18(16)3)25-24(27-31-26(32-35-27)20-8-6-5-7-9-20)19(4)33(28(34)30-25)22-13-11-17(2)23(29)15-22/h5-15,25H,1-4H3,(H,30,34). The van der Waals surface area contributed by atoms with Crippen molar-refractivity contribution in [3.63, 3.8) is 0 Å². The smallest absolute Gasteiger partial charge is 0.326 e. The average molecular weight is 485 g/mol. The van der Waals surface area contributed by atoms with Crippen molar-refractivity contribution in [1.29, 1.82) is 0 Å². The van der Waals surface area contributed by atoms with Crippen LogP contribution in [0, 0.1) is 20.8 Å². The molecule has 0 aliphatic carbocycles. The highest BCUT2D eigenvalue weighted by Crippen LogP contribution is 2.40. The zero-order valence-electron chi connectivity index (χ0n) is 20.0. The Labute approximate surface area is 209 Å². The van der Waals surface area contributed by atoms with Gasteiger partial charge in [-0.25, -0.2) is 4.79 Å². The average Bonchev–Trinajstić information content (AvgIpc) is 3.33. The molecule has 1 atom stereocenters. The number of nitrogens with zero attached hydrogens (tertiary/aromatic N) is 3. The molecule has 1 aromatic heterocycles. The van der Waals surface area contributed by atoms with E-state index >= 15 is 0 Å². The topological polar surface area (TPSA) is 71.3 Å². The summed E-state index contributed by atoms with van der Waals surface area (Å²) in [7, 11) is 0. The fraction of sp³-hybridized carbons (Fsp3) is 0.179. The van der Waals surface area contributed by atoms with Crippen molar-refractivity contribution in [2.75, 3.05) is 4.90 Å². The number of benzene rings is 3. The van der Waals surface area contributed by atoms with Gasteiger partial charge in [0.05, 0.1) is 17.3 Å². The SMILES string of the molecule is CC1=C(c2nc(-c3ccccc3)no2)C(c2ccc(C)c(C)c2)NC(=O)N1c1ccc(C)c(Cl)c1. The zero-order chi connectivity index (χ0) is 24.7. The van der Waals surface area contributed by atoms with Crippen molar-refractivity contribution in [1.82, 2.24) is 15.5 Å². The summed E-state index contributed by atoms with van der Waals surface area (Å²) in [6, 6.07) is 20.7. The Morgan fingerprint density at radius 3 is 2.37 bits per heavy atom. The first-order valence-corrected chi connectivity index (χ1v) is 11.8. The van der Waals surface area contributed by atoms with Crippen LogP contribution < -0.4 is 10.2 Å². The summed E-state index contributed by atoms with van der Waals surface area (Å²) >= 11 is 6.39. The second kappa shape index (κ2) is 9.04. The van der Waals surface area contributed by atoms with Gasteiger partial charge in [-0.3, -0.25) is 4.90 Å². The summed E-state index contributed by atoms with van der Waals surface area (Å²) in [5.74, 6) is 0.842. The number of hydrogen-bond acceptors (Lipinski definition) is 4. The summed E-state index contributed by atoms with van der Waals surface area (Å²) in [4.78, 5) is 19.7. The summed E-state index contributed by atoms with van der Waals surface area (Å²) in [5, 5.41) is 7.96. The number of aryl methyl sites for hydroxylation is 3. The van der Waals surface area contributed by atoms with E-state index < -0.39 is 6.04 Å². The van der Waals surface area contributed by atoms with Crippen LogP contribution in [0.15, 0.2) is 77.0 Å². The van der Waals surface area contributed by atoms with E-state index in [0.717, 1.165) is 27.8 Å². The predicted octanol–water partition coefficient (Wildman–Crippen LogP) is 7.02. The molecular weight excluding hydrogens is 460 g/mol. The van der Waals surface area contributed by atoms with Gasteiger partial charge >= 0.3 is 6.03 Å². The lowest BCUT2D eigenvalue weighted by Gasteiger charge is -2.35. The summed E-state index contributed by atoms with van der Waals surface area (Å²) in [6.07, 6.45) is 0. The van der Waals surface area contributed by atoms with Gasteiger partial charge in [-0.15, -0.1) is 0 Å². The number of allylic oxidation sites excluding steroid dienone is 1. The molecule has 4 aromatic rings. The van der Waals surface area contributed by atoms with Crippen LogP contribution in [0.25, 0.3) is 17.0 Å². The van der Waals surface area contributed by atoms with Gasteiger partial charge in [0.2, 0.25) is 5.82 Å². The molecule has 1 aliphatic heterocycles. The van der Waals surface area contributed by atoms with Crippen LogP contribution in [0.3, 0.4) is 0 Å². The Hall–Kier alpha value is -3.90. The first kappa shape index (κ1) is 22.9. The fourth-order valence-corrected chi connectivity index (χ4v) is 4.46. The molecule has 176 valence electrons. The number of hydrogen-bond donors (Lipinski definition) is 1. The maximum absolute atomic E-state index is 13.4. The van der Waals surface area contributed by atoms with Crippen molar-refractivity contribution in [3.05, 3.63) is 106 Å². The molecule has 0 radical (unpaired) electrons. The van der Waals surface area contributed by atoms with E-state index in [4.69, 9.17) is 21.1 Å². The second-order valence-electron chi connectivity index (χ2n) is 8.78. The van der Waals surface area contributed by atoms with Crippen molar-refractivity contribution < 1.29 is 9.32 Å². The lowest BCUT2D eigenvalue weighted by molar-refractivity contribution is 0.244. The lowest BCUT2D eigenvalue weighted by atomic mass is 9.92. The van der Waals surface area contributed by atoms with E-state index in [1.165, 1.54) is 5.56 Å². The van der Waals surface area contributed by atoms with Crippen LogP contribution in [-0.2, 0) is 0 Å². The molecule has 2 amide bonds. The first-order chi connectivity index (χ1) is 16.8. The van der Waals surface area contributed by atoms with E-state index in [1.807, 2.05) is 62.4 Å². The van der Waals surface area contributed by atoms with Crippen LogP contribution in [0.2, 0.25) is 5.02 Å². The van der Waals surface area contributed by atoms with E-state index in [2.05, 4.69) is 36.5 Å². The highest BCUT2D eigenvalue weighted by molar-refractivity contribution is 6.31. The number of rotatable bonds is 4. The molecule has 3 aromatic carbocycles. The minimum atomic E-state index is -0.456. The van der Waals surface area contributed by atoms with Gasteiger partial charge in [-0.1, -0.05) is 71.4 Å². The van der Waals surface area contributed by atoms with Gasteiger partial charge < -0.3 is 9.84 Å². The molecule has 7 heteroatoms. The third-order valence-electron chi connectivity index (χ3n) is 6.45. The normalized spacial score (nSPS) is 16.0. The van der Waals surface area contributed by atoms with Crippen LogP contribution in [0.4, 0.5) is 10.5 Å². The Kier molecular flexibility index (Phi) is 5.91. The molecule has 6 nitrogen and oxygen atoms in total. The van der Waals surface area contributed by atoms with Crippen molar-refractivity contribution in [2.24, 2.45) is 0 Å². The number of urea groups is 1. The molecule has 35 heavy (non-hydrogen) atoms. The van der Waals surface area contributed by atoms with Gasteiger partial charge in [0, 0.05) is 16.3 Å². The molecule has 1 unspecified atom stereocenters.